The van der Waals surface area contributed by atoms with Gasteiger partial charge in [-0.25, -0.2) is 13.6 Å². The lowest BCUT2D eigenvalue weighted by Crippen LogP contribution is -2.18. The van der Waals surface area contributed by atoms with Crippen LogP contribution in [0, 0.1) is 0 Å². The van der Waals surface area contributed by atoms with Crippen LogP contribution in [0.5, 0.6) is 0 Å². The first-order chi connectivity index (χ1) is 7.79. The van der Waals surface area contributed by atoms with Crippen molar-refractivity contribution in [1.29, 1.82) is 0 Å². The predicted octanol–water partition coefficient (Wildman–Crippen LogP) is 1.67. The van der Waals surface area contributed by atoms with E-state index < -0.39 is 10.0 Å². The van der Waals surface area contributed by atoms with Crippen molar-refractivity contribution in [2.24, 2.45) is 5.14 Å². The number of hydrogen-bond acceptors (Lipinski definition) is 4. The Hall–Kier alpha value is -0.690. The summed E-state index contributed by atoms with van der Waals surface area (Å²) < 4.78 is 21.4. The van der Waals surface area contributed by atoms with Crippen LogP contribution in [-0.2, 0) is 10.0 Å². The molecular weight excluding hydrogens is 285 g/mol. The Bertz CT molecular complexity index is 482. The minimum absolute atomic E-state index is 0.0930. The highest BCUT2D eigenvalue weighted by atomic mass is 35.5. The van der Waals surface area contributed by atoms with Crippen LogP contribution in [0.15, 0.2) is 12.1 Å². The molecule has 0 fully saturated rings. The van der Waals surface area contributed by atoms with E-state index in [2.05, 4.69) is 5.32 Å². The molecule has 8 heteroatoms. The standard InChI is InChI=1S/C9H13Cl2N3O2S/c10-7-4-6(12)5-8(11)9(7)14-2-1-3-17(13,15)16/h4-5,14H,1-3,12H2,(H2,13,15,16). The number of primary sulfonamides is 1. The van der Waals surface area contributed by atoms with Gasteiger partial charge in [-0.2, -0.15) is 0 Å². The van der Waals surface area contributed by atoms with Crippen molar-refractivity contribution in [3.05, 3.63) is 22.2 Å². The third-order valence-corrected chi connectivity index (χ3v) is 3.43. The van der Waals surface area contributed by atoms with Crippen molar-refractivity contribution in [1.82, 2.24) is 0 Å². The quantitative estimate of drug-likeness (QED) is 0.569. The zero-order valence-corrected chi connectivity index (χ0v) is 11.2. The predicted molar refractivity (Wildman–Crippen MR) is 72.0 cm³/mol. The van der Waals surface area contributed by atoms with Gasteiger partial charge in [-0.15, -0.1) is 0 Å². The minimum Gasteiger partial charge on any atom is -0.399 e. The van der Waals surface area contributed by atoms with E-state index in [-0.39, 0.29) is 5.75 Å². The smallest absolute Gasteiger partial charge is 0.209 e. The van der Waals surface area contributed by atoms with Crippen molar-refractivity contribution in [2.45, 2.75) is 6.42 Å². The number of nitrogens with one attached hydrogen (secondary N) is 1. The van der Waals surface area contributed by atoms with Crippen molar-refractivity contribution in [2.75, 3.05) is 23.3 Å². The Kier molecular flexibility index (Phi) is 4.88. The van der Waals surface area contributed by atoms with Crippen LogP contribution in [0.3, 0.4) is 0 Å². The van der Waals surface area contributed by atoms with Crippen molar-refractivity contribution in [3.63, 3.8) is 0 Å². The molecule has 0 saturated heterocycles. The van der Waals surface area contributed by atoms with Crippen molar-refractivity contribution in [3.8, 4) is 0 Å². The normalized spacial score (nSPS) is 11.5. The zero-order chi connectivity index (χ0) is 13.1. The van der Waals surface area contributed by atoms with Crippen LogP contribution in [-0.4, -0.2) is 20.7 Å². The lowest BCUT2D eigenvalue weighted by molar-refractivity contribution is 0.596. The molecule has 96 valence electrons. The van der Waals surface area contributed by atoms with Gasteiger partial charge in [0.25, 0.3) is 0 Å². The van der Waals surface area contributed by atoms with Gasteiger partial charge in [-0.05, 0) is 18.6 Å². The number of hydrogen-bond donors (Lipinski definition) is 3. The number of rotatable bonds is 5. The van der Waals surface area contributed by atoms with Gasteiger partial charge in [0.15, 0.2) is 0 Å². The summed E-state index contributed by atoms with van der Waals surface area (Å²) >= 11 is 11.9. The second-order valence-electron chi connectivity index (χ2n) is 3.51. The first-order valence-corrected chi connectivity index (χ1v) is 7.25. The molecular formula is C9H13Cl2N3O2S. The second-order valence-corrected chi connectivity index (χ2v) is 6.06. The van der Waals surface area contributed by atoms with Crippen LogP contribution in [0.4, 0.5) is 11.4 Å². The van der Waals surface area contributed by atoms with Gasteiger partial charge < -0.3 is 11.1 Å². The number of nitrogens with two attached hydrogens (primary N) is 2. The molecule has 1 aromatic carbocycles. The zero-order valence-electron chi connectivity index (χ0n) is 8.91. The third-order valence-electron chi connectivity index (χ3n) is 1.97. The summed E-state index contributed by atoms with van der Waals surface area (Å²) in [6.07, 6.45) is 0.371. The molecule has 0 atom stereocenters. The van der Waals surface area contributed by atoms with E-state index in [1.807, 2.05) is 0 Å². The van der Waals surface area contributed by atoms with Gasteiger partial charge in [0, 0.05) is 12.2 Å². The number of halogens is 2. The molecule has 0 amide bonds. The van der Waals surface area contributed by atoms with E-state index in [9.17, 15) is 8.42 Å². The Morgan fingerprint density at radius 1 is 1.24 bits per heavy atom. The van der Waals surface area contributed by atoms with Crippen LogP contribution in [0.2, 0.25) is 10.0 Å². The molecule has 1 rings (SSSR count). The molecule has 0 aliphatic rings. The summed E-state index contributed by atoms with van der Waals surface area (Å²) in [7, 11) is -3.43. The average Bonchev–Trinajstić information content (AvgIpc) is 2.13. The van der Waals surface area contributed by atoms with E-state index in [4.69, 9.17) is 34.1 Å². The molecule has 0 saturated carbocycles. The molecule has 0 bridgehead atoms. The summed E-state index contributed by atoms with van der Waals surface area (Å²) in [4.78, 5) is 0. The van der Waals surface area contributed by atoms with Gasteiger partial charge in [-0.1, -0.05) is 23.2 Å². The lowest BCUT2D eigenvalue weighted by Gasteiger charge is -2.10. The highest BCUT2D eigenvalue weighted by Gasteiger charge is 2.07. The monoisotopic (exact) mass is 297 g/mol. The summed E-state index contributed by atoms with van der Waals surface area (Å²) in [6, 6.07) is 3.13. The summed E-state index contributed by atoms with van der Waals surface area (Å²) in [5.41, 5.74) is 6.55. The molecule has 0 aromatic heterocycles. The van der Waals surface area contributed by atoms with E-state index in [0.29, 0.717) is 34.4 Å². The average molecular weight is 298 g/mol. The Balaban J connectivity index is 2.58. The first kappa shape index (κ1) is 14.4. The Morgan fingerprint density at radius 3 is 2.24 bits per heavy atom. The lowest BCUT2D eigenvalue weighted by atomic mass is 10.2. The second kappa shape index (κ2) is 5.77. The van der Waals surface area contributed by atoms with Gasteiger partial charge in [-0.3, -0.25) is 0 Å². The number of benzene rings is 1. The van der Waals surface area contributed by atoms with E-state index in [0.717, 1.165) is 0 Å². The first-order valence-electron chi connectivity index (χ1n) is 4.78. The third kappa shape index (κ3) is 4.99. The maximum atomic E-state index is 10.7. The topological polar surface area (TPSA) is 98.2 Å². The molecule has 5 nitrogen and oxygen atoms in total. The molecule has 0 radical (unpaired) electrons. The molecule has 0 unspecified atom stereocenters. The number of anilines is 2. The van der Waals surface area contributed by atoms with E-state index in [1.165, 1.54) is 0 Å². The molecule has 17 heavy (non-hydrogen) atoms. The summed E-state index contributed by atoms with van der Waals surface area (Å²) in [5, 5.41) is 8.60. The summed E-state index contributed by atoms with van der Waals surface area (Å²) in [6.45, 7) is 0.403. The minimum atomic E-state index is -3.43. The van der Waals surface area contributed by atoms with E-state index >= 15 is 0 Å². The maximum Gasteiger partial charge on any atom is 0.209 e. The fraction of sp³-hybridized carbons (Fsp3) is 0.333. The van der Waals surface area contributed by atoms with Gasteiger partial charge in [0.05, 0.1) is 21.5 Å². The van der Waals surface area contributed by atoms with Gasteiger partial charge in [0.2, 0.25) is 10.0 Å². The molecule has 0 spiro atoms. The molecule has 0 heterocycles. The van der Waals surface area contributed by atoms with Crippen LogP contribution in [0.1, 0.15) is 6.42 Å². The highest BCUT2D eigenvalue weighted by molar-refractivity contribution is 7.89. The van der Waals surface area contributed by atoms with Crippen molar-refractivity contribution < 1.29 is 8.42 Å². The van der Waals surface area contributed by atoms with Crippen LogP contribution in [0.25, 0.3) is 0 Å². The molecule has 1 aromatic rings. The SMILES string of the molecule is Nc1cc(Cl)c(NCCCS(N)(=O)=O)c(Cl)c1. The Labute approximate surface area is 110 Å². The van der Waals surface area contributed by atoms with Gasteiger partial charge >= 0.3 is 0 Å². The number of sulfonamides is 1. The molecule has 5 N–H and O–H groups in total. The Morgan fingerprint density at radius 2 is 1.76 bits per heavy atom. The largest absolute Gasteiger partial charge is 0.399 e. The van der Waals surface area contributed by atoms with Crippen molar-refractivity contribution >= 4 is 44.6 Å². The van der Waals surface area contributed by atoms with Crippen LogP contribution < -0.4 is 16.2 Å². The molecule has 0 aliphatic heterocycles. The fourth-order valence-corrected chi connectivity index (χ4v) is 2.43. The van der Waals surface area contributed by atoms with E-state index in [1.54, 1.807) is 12.1 Å². The maximum absolute atomic E-state index is 10.7. The summed E-state index contributed by atoms with van der Waals surface area (Å²) in [5.74, 6) is -0.0930. The molecule has 0 aliphatic carbocycles. The van der Waals surface area contributed by atoms with Crippen LogP contribution >= 0.6 is 23.2 Å². The fourth-order valence-electron chi connectivity index (χ4n) is 1.25. The number of nitrogen functional groups attached to an aromatic ring is 1. The highest BCUT2D eigenvalue weighted by Crippen LogP contribution is 2.32. The van der Waals surface area contributed by atoms with Gasteiger partial charge in [0.1, 0.15) is 0 Å².